The molecule has 0 atom stereocenters. The summed E-state index contributed by atoms with van der Waals surface area (Å²) >= 11 is 0. The summed E-state index contributed by atoms with van der Waals surface area (Å²) in [7, 11) is -3.82. The molecule has 0 amide bonds. The zero-order valence-electron chi connectivity index (χ0n) is 9.59. The predicted octanol–water partition coefficient (Wildman–Crippen LogP) is 0.966. The lowest BCUT2D eigenvalue weighted by Gasteiger charge is -2.07. The Kier molecular flexibility index (Phi) is 5.96. The molecular formula is C11H18N2O3S. The Morgan fingerprint density at radius 3 is 2.41 bits per heavy atom. The number of nitrogens with one attached hydrogen (secondary N) is 2. The van der Waals surface area contributed by atoms with E-state index in [0.29, 0.717) is 13.0 Å². The highest BCUT2D eigenvalue weighted by Gasteiger charge is 2.02. The van der Waals surface area contributed by atoms with Crippen LogP contribution in [0.15, 0.2) is 30.3 Å². The predicted molar refractivity (Wildman–Crippen MR) is 68.8 cm³/mol. The summed E-state index contributed by atoms with van der Waals surface area (Å²) in [4.78, 5) is 0. The molecule has 1 aromatic carbocycles. The summed E-state index contributed by atoms with van der Waals surface area (Å²) in [5, 5.41) is 6.31. The van der Waals surface area contributed by atoms with Crippen LogP contribution in [0.1, 0.15) is 6.42 Å². The molecule has 0 saturated heterocycles. The van der Waals surface area contributed by atoms with Crippen molar-refractivity contribution in [1.29, 1.82) is 0 Å². The molecule has 6 heteroatoms. The Balaban J connectivity index is 1.99. The number of anilines is 1. The topological polar surface area (TPSA) is 78.4 Å². The lowest BCUT2D eigenvalue weighted by molar-refractivity contribution is 0.480. The standard InChI is InChI=1S/C11H18N2O3S/c14-17(15,16)10-4-7-12-8-9-13-11-5-2-1-3-6-11/h1-3,5-6,12-13H,4,7-10H2,(H,14,15,16). The second-order valence-corrected chi connectivity index (χ2v) is 5.25. The van der Waals surface area contributed by atoms with Gasteiger partial charge >= 0.3 is 0 Å². The van der Waals surface area contributed by atoms with E-state index in [-0.39, 0.29) is 5.75 Å². The summed E-state index contributed by atoms with van der Waals surface area (Å²) in [6.07, 6.45) is 0.421. The first kappa shape index (κ1) is 14.0. The van der Waals surface area contributed by atoms with E-state index < -0.39 is 10.1 Å². The first-order chi connectivity index (χ1) is 8.08. The van der Waals surface area contributed by atoms with Crippen LogP contribution in [0.5, 0.6) is 0 Å². The molecule has 0 fully saturated rings. The van der Waals surface area contributed by atoms with Crippen molar-refractivity contribution in [2.45, 2.75) is 6.42 Å². The van der Waals surface area contributed by atoms with Gasteiger partial charge in [0.25, 0.3) is 10.1 Å². The molecule has 0 unspecified atom stereocenters. The molecular weight excluding hydrogens is 240 g/mol. The van der Waals surface area contributed by atoms with Crippen LogP contribution in [0.3, 0.4) is 0 Å². The minimum absolute atomic E-state index is 0.188. The third-order valence-electron chi connectivity index (χ3n) is 2.16. The van der Waals surface area contributed by atoms with Gasteiger partial charge in [-0.15, -0.1) is 0 Å². The molecule has 17 heavy (non-hydrogen) atoms. The normalized spacial score (nSPS) is 11.4. The number of benzene rings is 1. The Labute approximate surface area is 102 Å². The molecule has 0 aromatic heterocycles. The van der Waals surface area contributed by atoms with Gasteiger partial charge < -0.3 is 10.6 Å². The van der Waals surface area contributed by atoms with Crippen molar-refractivity contribution >= 4 is 15.8 Å². The Bertz CT molecular complexity index is 406. The fourth-order valence-electron chi connectivity index (χ4n) is 1.36. The van der Waals surface area contributed by atoms with Gasteiger partial charge in [-0.05, 0) is 25.1 Å². The Hall–Kier alpha value is -1.11. The summed E-state index contributed by atoms with van der Waals surface area (Å²) in [6, 6.07) is 9.85. The third kappa shape index (κ3) is 7.73. The summed E-state index contributed by atoms with van der Waals surface area (Å²) in [6.45, 7) is 2.10. The van der Waals surface area contributed by atoms with Crippen LogP contribution in [0.25, 0.3) is 0 Å². The molecule has 3 N–H and O–H groups in total. The van der Waals surface area contributed by atoms with Gasteiger partial charge in [0, 0.05) is 18.8 Å². The van der Waals surface area contributed by atoms with Crippen molar-refractivity contribution in [3.8, 4) is 0 Å². The van der Waals surface area contributed by atoms with Crippen molar-refractivity contribution in [1.82, 2.24) is 5.32 Å². The molecule has 0 aliphatic carbocycles. The van der Waals surface area contributed by atoms with E-state index in [9.17, 15) is 8.42 Å². The van der Waals surface area contributed by atoms with Crippen molar-refractivity contribution in [2.24, 2.45) is 0 Å². The van der Waals surface area contributed by atoms with Crippen molar-refractivity contribution in [3.05, 3.63) is 30.3 Å². The highest BCUT2D eigenvalue weighted by molar-refractivity contribution is 7.85. The van der Waals surface area contributed by atoms with Crippen molar-refractivity contribution in [3.63, 3.8) is 0 Å². The van der Waals surface area contributed by atoms with Crippen molar-refractivity contribution in [2.75, 3.05) is 30.7 Å². The van der Waals surface area contributed by atoms with E-state index in [4.69, 9.17) is 4.55 Å². The average Bonchev–Trinajstić information content (AvgIpc) is 2.28. The minimum Gasteiger partial charge on any atom is -0.384 e. The quantitative estimate of drug-likeness (QED) is 0.478. The van der Waals surface area contributed by atoms with Crippen LogP contribution < -0.4 is 10.6 Å². The van der Waals surface area contributed by atoms with E-state index in [1.54, 1.807) is 0 Å². The third-order valence-corrected chi connectivity index (χ3v) is 2.97. The molecule has 0 saturated carbocycles. The number of rotatable bonds is 8. The van der Waals surface area contributed by atoms with Crippen LogP contribution in [-0.2, 0) is 10.1 Å². The second kappa shape index (κ2) is 7.26. The minimum atomic E-state index is -3.82. The fraction of sp³-hybridized carbons (Fsp3) is 0.455. The highest BCUT2D eigenvalue weighted by atomic mass is 32.2. The Morgan fingerprint density at radius 2 is 1.76 bits per heavy atom. The largest absolute Gasteiger partial charge is 0.384 e. The fourth-order valence-corrected chi connectivity index (χ4v) is 1.86. The van der Waals surface area contributed by atoms with Gasteiger partial charge in [-0.3, -0.25) is 4.55 Å². The van der Waals surface area contributed by atoms with E-state index in [1.165, 1.54) is 0 Å². The zero-order valence-corrected chi connectivity index (χ0v) is 10.4. The van der Waals surface area contributed by atoms with Gasteiger partial charge in [-0.2, -0.15) is 8.42 Å². The van der Waals surface area contributed by atoms with E-state index >= 15 is 0 Å². The highest BCUT2D eigenvalue weighted by Crippen LogP contribution is 2.03. The maximum absolute atomic E-state index is 10.4. The molecule has 0 aliphatic heterocycles. The summed E-state index contributed by atoms with van der Waals surface area (Å²) in [5.41, 5.74) is 1.06. The first-order valence-electron chi connectivity index (χ1n) is 5.53. The van der Waals surface area contributed by atoms with Gasteiger partial charge in [0.05, 0.1) is 5.75 Å². The van der Waals surface area contributed by atoms with Crippen molar-refractivity contribution < 1.29 is 13.0 Å². The number of hydrogen-bond acceptors (Lipinski definition) is 4. The SMILES string of the molecule is O=S(=O)(O)CCCNCCNc1ccccc1. The lowest BCUT2D eigenvalue weighted by Crippen LogP contribution is -2.24. The maximum atomic E-state index is 10.4. The van der Waals surface area contributed by atoms with Gasteiger partial charge in [-0.25, -0.2) is 0 Å². The molecule has 5 nitrogen and oxygen atoms in total. The molecule has 96 valence electrons. The van der Waals surface area contributed by atoms with Gasteiger partial charge in [-0.1, -0.05) is 18.2 Å². The molecule has 1 aromatic rings. The molecule has 0 bridgehead atoms. The van der Waals surface area contributed by atoms with E-state index in [0.717, 1.165) is 18.8 Å². The van der Waals surface area contributed by atoms with Crippen LogP contribution in [0.4, 0.5) is 5.69 Å². The van der Waals surface area contributed by atoms with Gasteiger partial charge in [0.1, 0.15) is 0 Å². The molecule has 0 aliphatic rings. The zero-order chi connectivity index (χ0) is 12.6. The molecule has 0 spiro atoms. The summed E-state index contributed by atoms with van der Waals surface area (Å²) < 4.78 is 29.3. The smallest absolute Gasteiger partial charge is 0.264 e. The van der Waals surface area contributed by atoms with Crippen LogP contribution >= 0.6 is 0 Å². The molecule has 1 rings (SSSR count). The molecule has 0 radical (unpaired) electrons. The average molecular weight is 258 g/mol. The van der Waals surface area contributed by atoms with Crippen LogP contribution in [0, 0.1) is 0 Å². The number of hydrogen-bond donors (Lipinski definition) is 3. The summed E-state index contributed by atoms with van der Waals surface area (Å²) in [5.74, 6) is -0.188. The van der Waals surface area contributed by atoms with E-state index in [1.807, 2.05) is 30.3 Å². The van der Waals surface area contributed by atoms with Crippen LogP contribution in [0.2, 0.25) is 0 Å². The maximum Gasteiger partial charge on any atom is 0.264 e. The van der Waals surface area contributed by atoms with Crippen LogP contribution in [-0.4, -0.2) is 38.4 Å². The Morgan fingerprint density at radius 1 is 1.06 bits per heavy atom. The second-order valence-electron chi connectivity index (χ2n) is 3.68. The van der Waals surface area contributed by atoms with E-state index in [2.05, 4.69) is 10.6 Å². The van der Waals surface area contributed by atoms with Gasteiger partial charge in [0.15, 0.2) is 0 Å². The monoisotopic (exact) mass is 258 g/mol. The number of para-hydroxylation sites is 1. The molecule has 0 heterocycles. The lowest BCUT2D eigenvalue weighted by atomic mass is 10.3. The van der Waals surface area contributed by atoms with Gasteiger partial charge in [0.2, 0.25) is 0 Å². The first-order valence-corrected chi connectivity index (χ1v) is 7.14.